The molecule has 202 valence electrons. The number of fused-ring (bicyclic) bond motifs is 1. The van der Waals surface area contributed by atoms with Crippen molar-refractivity contribution in [2.75, 3.05) is 45.7 Å². The van der Waals surface area contributed by atoms with Crippen LogP contribution in [0, 0.1) is 5.92 Å². The monoisotopic (exact) mass is 517 g/mol. The van der Waals surface area contributed by atoms with Crippen LogP contribution in [0.3, 0.4) is 0 Å². The van der Waals surface area contributed by atoms with Crippen LogP contribution in [0.15, 0.2) is 72.8 Å². The summed E-state index contributed by atoms with van der Waals surface area (Å²) in [5.41, 5.74) is 2.64. The molecule has 3 atom stereocenters. The van der Waals surface area contributed by atoms with Crippen molar-refractivity contribution in [2.24, 2.45) is 5.92 Å². The molecule has 0 saturated heterocycles. The van der Waals surface area contributed by atoms with Crippen LogP contribution in [-0.2, 0) is 6.54 Å². The number of amides is 1. The van der Waals surface area contributed by atoms with Gasteiger partial charge >= 0.3 is 0 Å². The van der Waals surface area contributed by atoms with Gasteiger partial charge in [-0.25, -0.2) is 0 Å². The molecular formula is C31H39N3O4. The van der Waals surface area contributed by atoms with Crippen LogP contribution >= 0.6 is 0 Å². The number of hydrogen-bond donors (Lipinski definition) is 1. The molecule has 38 heavy (non-hydrogen) atoms. The molecule has 7 heteroatoms. The van der Waals surface area contributed by atoms with Gasteiger partial charge in [0.05, 0.1) is 18.2 Å². The molecule has 0 spiro atoms. The van der Waals surface area contributed by atoms with Crippen molar-refractivity contribution < 1.29 is 19.4 Å². The Morgan fingerprint density at radius 3 is 2.37 bits per heavy atom. The van der Waals surface area contributed by atoms with Crippen LogP contribution in [-0.4, -0.2) is 73.8 Å². The van der Waals surface area contributed by atoms with Crippen molar-refractivity contribution in [3.8, 4) is 17.2 Å². The Morgan fingerprint density at radius 2 is 1.71 bits per heavy atom. The lowest BCUT2D eigenvalue weighted by molar-refractivity contribution is 0.0341. The largest absolute Gasteiger partial charge is 0.488 e. The minimum atomic E-state index is -0.283. The summed E-state index contributed by atoms with van der Waals surface area (Å²) in [5, 5.41) is 9.87. The van der Waals surface area contributed by atoms with E-state index in [1.54, 1.807) is 4.90 Å². The van der Waals surface area contributed by atoms with E-state index in [1.165, 1.54) is 5.56 Å². The lowest BCUT2D eigenvalue weighted by Crippen LogP contribution is -2.49. The van der Waals surface area contributed by atoms with E-state index in [9.17, 15) is 9.90 Å². The van der Waals surface area contributed by atoms with E-state index in [-0.39, 0.29) is 30.6 Å². The van der Waals surface area contributed by atoms with E-state index in [0.717, 1.165) is 23.7 Å². The summed E-state index contributed by atoms with van der Waals surface area (Å²) >= 11 is 0. The molecule has 0 saturated carbocycles. The SMILES string of the molecule is C[C@@H]1CN([C@H](C)CO)C(=O)c2cc(N(C)C)ccc2O[C@H]1CN(C)Cc1ccc(Oc2ccccc2)cc1. The molecule has 1 heterocycles. The van der Waals surface area contributed by atoms with Crippen LogP contribution in [0.2, 0.25) is 0 Å². The molecule has 7 nitrogen and oxygen atoms in total. The van der Waals surface area contributed by atoms with Gasteiger partial charge in [-0.2, -0.15) is 0 Å². The van der Waals surface area contributed by atoms with Crippen LogP contribution in [0.25, 0.3) is 0 Å². The molecular weight excluding hydrogens is 478 g/mol. The van der Waals surface area contributed by atoms with Crippen molar-refractivity contribution in [1.82, 2.24) is 9.80 Å². The number of benzene rings is 3. The Kier molecular flexibility index (Phi) is 8.92. The normalized spacial score (nSPS) is 18.3. The van der Waals surface area contributed by atoms with Gasteiger partial charge < -0.3 is 24.4 Å². The Hall–Kier alpha value is -3.55. The highest BCUT2D eigenvalue weighted by molar-refractivity contribution is 5.98. The summed E-state index contributed by atoms with van der Waals surface area (Å²) < 4.78 is 12.4. The highest BCUT2D eigenvalue weighted by Crippen LogP contribution is 2.31. The predicted molar refractivity (Wildman–Crippen MR) is 151 cm³/mol. The lowest BCUT2D eigenvalue weighted by atomic mass is 9.99. The third-order valence-electron chi connectivity index (χ3n) is 7.01. The second kappa shape index (κ2) is 12.3. The number of aliphatic hydroxyl groups is 1. The molecule has 1 aliphatic heterocycles. The molecule has 0 fully saturated rings. The summed E-state index contributed by atoms with van der Waals surface area (Å²) in [6, 6.07) is 23.4. The molecule has 3 aromatic rings. The fraction of sp³-hybridized carbons (Fsp3) is 0.387. The van der Waals surface area contributed by atoms with E-state index < -0.39 is 0 Å². The third kappa shape index (κ3) is 6.65. The highest BCUT2D eigenvalue weighted by atomic mass is 16.5. The van der Waals surface area contributed by atoms with E-state index in [2.05, 4.69) is 31.0 Å². The van der Waals surface area contributed by atoms with Gasteiger partial charge in [-0.05, 0) is 62.0 Å². The number of likely N-dealkylation sites (N-methyl/N-ethyl adjacent to an activating group) is 1. The zero-order chi connectivity index (χ0) is 27.2. The van der Waals surface area contributed by atoms with Crippen molar-refractivity contribution in [3.05, 3.63) is 83.9 Å². The highest BCUT2D eigenvalue weighted by Gasteiger charge is 2.33. The first-order chi connectivity index (χ1) is 18.2. The Labute approximate surface area is 226 Å². The van der Waals surface area contributed by atoms with Crippen LogP contribution in [0.5, 0.6) is 17.2 Å². The van der Waals surface area contributed by atoms with Crippen molar-refractivity contribution in [1.29, 1.82) is 0 Å². The molecule has 0 bridgehead atoms. The Morgan fingerprint density at radius 1 is 1.03 bits per heavy atom. The fourth-order valence-electron chi connectivity index (χ4n) is 4.68. The zero-order valence-corrected chi connectivity index (χ0v) is 23.0. The summed E-state index contributed by atoms with van der Waals surface area (Å²) in [6.45, 7) is 5.85. The first kappa shape index (κ1) is 27.5. The molecule has 0 aliphatic carbocycles. The van der Waals surface area contributed by atoms with Crippen molar-refractivity contribution in [3.63, 3.8) is 0 Å². The molecule has 0 unspecified atom stereocenters. The second-order valence-electron chi connectivity index (χ2n) is 10.5. The van der Waals surface area contributed by atoms with Crippen LogP contribution in [0.1, 0.15) is 29.8 Å². The van der Waals surface area contributed by atoms with Gasteiger partial charge in [-0.1, -0.05) is 37.3 Å². The summed E-state index contributed by atoms with van der Waals surface area (Å²) in [6.07, 6.45) is -0.133. The summed E-state index contributed by atoms with van der Waals surface area (Å²) in [4.78, 5) is 19.5. The quantitative estimate of drug-likeness (QED) is 0.436. The first-order valence-electron chi connectivity index (χ1n) is 13.2. The van der Waals surface area contributed by atoms with E-state index >= 15 is 0 Å². The number of hydrogen-bond acceptors (Lipinski definition) is 6. The number of carbonyl (C=O) groups excluding carboxylic acids is 1. The number of ether oxygens (including phenoxy) is 2. The van der Waals surface area contributed by atoms with Gasteiger partial charge in [0.25, 0.3) is 5.91 Å². The lowest BCUT2D eigenvalue weighted by Gasteiger charge is -2.38. The van der Waals surface area contributed by atoms with Gasteiger partial charge in [0, 0.05) is 45.3 Å². The van der Waals surface area contributed by atoms with Crippen LogP contribution in [0.4, 0.5) is 5.69 Å². The van der Waals surface area contributed by atoms with Gasteiger partial charge in [0.1, 0.15) is 23.4 Å². The van der Waals surface area contributed by atoms with Gasteiger partial charge in [0.2, 0.25) is 0 Å². The van der Waals surface area contributed by atoms with Crippen molar-refractivity contribution in [2.45, 2.75) is 32.5 Å². The Balaban J connectivity index is 1.49. The van der Waals surface area contributed by atoms with E-state index in [4.69, 9.17) is 9.47 Å². The van der Waals surface area contributed by atoms with Gasteiger partial charge in [-0.15, -0.1) is 0 Å². The number of para-hydroxylation sites is 1. The number of anilines is 1. The topological polar surface area (TPSA) is 65.5 Å². The molecule has 1 N–H and O–H groups in total. The third-order valence-corrected chi connectivity index (χ3v) is 7.01. The molecule has 3 aromatic carbocycles. The average Bonchev–Trinajstić information content (AvgIpc) is 2.91. The smallest absolute Gasteiger partial charge is 0.258 e. The van der Waals surface area contributed by atoms with Gasteiger partial charge in [-0.3, -0.25) is 9.69 Å². The molecule has 1 amide bonds. The average molecular weight is 518 g/mol. The maximum absolute atomic E-state index is 13.5. The molecule has 0 radical (unpaired) electrons. The number of rotatable bonds is 9. The fourth-order valence-corrected chi connectivity index (χ4v) is 4.68. The first-order valence-corrected chi connectivity index (χ1v) is 13.2. The number of nitrogens with zero attached hydrogens (tertiary/aromatic N) is 3. The number of carbonyl (C=O) groups is 1. The van der Waals surface area contributed by atoms with Crippen LogP contribution < -0.4 is 14.4 Å². The number of aliphatic hydroxyl groups excluding tert-OH is 1. The standard InChI is InChI=1S/C31H39N3O4/c1-22-18-34(23(2)21-35)31(36)28-17-25(32(3)4)13-16-29(28)38-30(22)20-33(5)19-24-11-14-27(15-12-24)37-26-9-7-6-8-10-26/h6-17,22-23,30,35H,18-21H2,1-5H3/t22-,23-,30+/m1/s1. The minimum Gasteiger partial charge on any atom is -0.488 e. The molecule has 4 rings (SSSR count). The minimum absolute atomic E-state index is 0.0683. The summed E-state index contributed by atoms with van der Waals surface area (Å²) in [5.74, 6) is 2.16. The zero-order valence-electron chi connectivity index (χ0n) is 23.0. The van der Waals surface area contributed by atoms with Crippen molar-refractivity contribution >= 4 is 11.6 Å². The van der Waals surface area contributed by atoms with E-state index in [0.29, 0.717) is 24.4 Å². The maximum atomic E-state index is 13.5. The molecule has 1 aliphatic rings. The Bertz CT molecular complexity index is 1200. The van der Waals surface area contributed by atoms with Gasteiger partial charge in [0.15, 0.2) is 0 Å². The maximum Gasteiger partial charge on any atom is 0.258 e. The van der Waals surface area contributed by atoms with E-state index in [1.807, 2.05) is 86.6 Å². The summed E-state index contributed by atoms with van der Waals surface area (Å²) in [7, 11) is 5.98. The predicted octanol–water partition coefficient (Wildman–Crippen LogP) is 4.90. The molecule has 0 aromatic heterocycles. The second-order valence-corrected chi connectivity index (χ2v) is 10.5.